The lowest BCUT2D eigenvalue weighted by atomic mass is 10.2. The molecule has 144 valence electrons. The first-order valence-corrected chi connectivity index (χ1v) is 9.84. The van der Waals surface area contributed by atoms with Crippen molar-refractivity contribution in [3.05, 3.63) is 78.5 Å². The maximum atomic E-state index is 12.7. The van der Waals surface area contributed by atoms with Crippen molar-refractivity contribution in [1.29, 1.82) is 0 Å². The molecule has 28 heavy (non-hydrogen) atoms. The summed E-state index contributed by atoms with van der Waals surface area (Å²) < 4.78 is 31.4. The molecule has 0 aliphatic carbocycles. The third kappa shape index (κ3) is 4.36. The van der Waals surface area contributed by atoms with E-state index in [1.54, 1.807) is 36.4 Å². The van der Waals surface area contributed by atoms with Gasteiger partial charge in [-0.1, -0.05) is 24.3 Å². The molecule has 0 fully saturated rings. The third-order valence-electron chi connectivity index (χ3n) is 3.84. The number of benzene rings is 2. The molecule has 1 N–H and O–H groups in total. The molecule has 0 aliphatic heterocycles. The minimum atomic E-state index is -3.60. The first-order valence-electron chi connectivity index (χ1n) is 8.40. The molecule has 3 rings (SSSR count). The fraction of sp³-hybridized carbons (Fsp3) is 0.100. The van der Waals surface area contributed by atoms with Crippen LogP contribution in [0.15, 0.2) is 77.8 Å². The van der Waals surface area contributed by atoms with E-state index in [9.17, 15) is 13.2 Å². The summed E-state index contributed by atoms with van der Waals surface area (Å²) in [5.74, 6) is 0.246. The number of nitrogens with one attached hydrogen (secondary N) is 1. The summed E-state index contributed by atoms with van der Waals surface area (Å²) in [7, 11) is -0.708. The van der Waals surface area contributed by atoms with Crippen LogP contribution in [0.5, 0.6) is 11.6 Å². The van der Waals surface area contributed by atoms with E-state index in [1.807, 2.05) is 18.2 Å². The summed E-state index contributed by atoms with van der Waals surface area (Å²) >= 11 is 0. The molecule has 1 aromatic heterocycles. The molecule has 3 aromatic rings. The number of hydrogen-bond acceptors (Lipinski definition) is 5. The van der Waals surface area contributed by atoms with Crippen molar-refractivity contribution in [3.63, 3.8) is 0 Å². The van der Waals surface area contributed by atoms with Crippen molar-refractivity contribution in [1.82, 2.24) is 9.29 Å². The normalized spacial score (nSPS) is 11.2. The Morgan fingerprint density at radius 1 is 1.00 bits per heavy atom. The second-order valence-electron chi connectivity index (χ2n) is 6.04. The van der Waals surface area contributed by atoms with Crippen molar-refractivity contribution in [3.8, 4) is 11.6 Å². The summed E-state index contributed by atoms with van der Waals surface area (Å²) in [5, 5.41) is 2.69. The third-order valence-corrected chi connectivity index (χ3v) is 5.66. The lowest BCUT2D eigenvalue weighted by Gasteiger charge is -2.13. The number of carbonyl (C=O) groups excluding carboxylic acids is 1. The predicted octanol–water partition coefficient (Wildman–Crippen LogP) is 3.38. The SMILES string of the molecule is CN(C)S(=O)(=O)c1cccc(NC(=O)c2cccnc2Oc2ccccc2)c1. The van der Waals surface area contributed by atoms with Crippen LogP contribution in [0.4, 0.5) is 5.69 Å². The second kappa shape index (κ2) is 8.20. The van der Waals surface area contributed by atoms with E-state index in [0.717, 1.165) is 4.31 Å². The Balaban J connectivity index is 1.85. The highest BCUT2D eigenvalue weighted by Gasteiger charge is 2.19. The van der Waals surface area contributed by atoms with Crippen LogP contribution in [0.2, 0.25) is 0 Å². The van der Waals surface area contributed by atoms with Crippen LogP contribution in [0.1, 0.15) is 10.4 Å². The molecular weight excluding hydrogens is 378 g/mol. The van der Waals surface area contributed by atoms with Crippen LogP contribution in [-0.2, 0) is 10.0 Å². The van der Waals surface area contributed by atoms with Crippen molar-refractivity contribution < 1.29 is 17.9 Å². The van der Waals surface area contributed by atoms with Gasteiger partial charge in [-0.2, -0.15) is 0 Å². The Kier molecular flexibility index (Phi) is 5.72. The second-order valence-corrected chi connectivity index (χ2v) is 8.19. The van der Waals surface area contributed by atoms with Gasteiger partial charge in [-0.3, -0.25) is 4.79 Å². The van der Waals surface area contributed by atoms with Crippen LogP contribution in [0.3, 0.4) is 0 Å². The standard InChI is InChI=1S/C20H19N3O4S/c1-23(2)28(25,26)17-11-6-8-15(14-17)22-19(24)18-12-7-13-21-20(18)27-16-9-4-3-5-10-16/h3-14H,1-2H3,(H,22,24). The lowest BCUT2D eigenvalue weighted by Crippen LogP contribution is -2.22. The van der Waals surface area contributed by atoms with Crippen molar-refractivity contribution in [2.75, 3.05) is 19.4 Å². The lowest BCUT2D eigenvalue weighted by molar-refractivity contribution is 0.102. The largest absolute Gasteiger partial charge is 0.438 e. The molecule has 0 saturated heterocycles. The van der Waals surface area contributed by atoms with Crippen LogP contribution in [-0.4, -0.2) is 37.7 Å². The molecule has 1 amide bonds. The van der Waals surface area contributed by atoms with E-state index in [0.29, 0.717) is 11.4 Å². The number of carbonyl (C=O) groups is 1. The van der Waals surface area contributed by atoms with Gasteiger partial charge in [0.1, 0.15) is 11.3 Å². The van der Waals surface area contributed by atoms with Gasteiger partial charge in [0.15, 0.2) is 0 Å². The number of pyridine rings is 1. The maximum absolute atomic E-state index is 12.7. The Labute approximate surface area is 163 Å². The highest BCUT2D eigenvalue weighted by molar-refractivity contribution is 7.89. The summed E-state index contributed by atoms with van der Waals surface area (Å²) in [6.07, 6.45) is 1.53. The number of para-hydroxylation sites is 1. The number of nitrogens with zero attached hydrogens (tertiary/aromatic N) is 2. The molecule has 0 saturated carbocycles. The van der Waals surface area contributed by atoms with Crippen LogP contribution >= 0.6 is 0 Å². The van der Waals surface area contributed by atoms with E-state index in [2.05, 4.69) is 10.3 Å². The number of hydrogen-bond donors (Lipinski definition) is 1. The topological polar surface area (TPSA) is 88.6 Å². The number of aromatic nitrogens is 1. The molecule has 0 aliphatic rings. The van der Waals surface area contributed by atoms with Crippen LogP contribution < -0.4 is 10.1 Å². The van der Waals surface area contributed by atoms with Crippen molar-refractivity contribution in [2.45, 2.75) is 4.90 Å². The molecule has 0 radical (unpaired) electrons. The number of amides is 1. The van der Waals surface area contributed by atoms with Gasteiger partial charge in [0.05, 0.1) is 4.90 Å². The Morgan fingerprint density at radius 2 is 1.75 bits per heavy atom. The molecule has 0 spiro atoms. The van der Waals surface area contributed by atoms with E-state index in [-0.39, 0.29) is 16.3 Å². The Morgan fingerprint density at radius 3 is 2.46 bits per heavy atom. The van der Waals surface area contributed by atoms with Crippen LogP contribution in [0.25, 0.3) is 0 Å². The molecule has 8 heteroatoms. The molecule has 1 heterocycles. The Bertz CT molecular complexity index is 1080. The monoisotopic (exact) mass is 397 g/mol. The van der Waals surface area contributed by atoms with Gasteiger partial charge in [-0.15, -0.1) is 0 Å². The number of anilines is 1. The fourth-order valence-corrected chi connectivity index (χ4v) is 3.34. The minimum absolute atomic E-state index is 0.0854. The van der Waals surface area contributed by atoms with E-state index in [1.165, 1.54) is 32.4 Å². The summed E-state index contributed by atoms with van der Waals surface area (Å²) in [5.41, 5.74) is 0.578. The number of ether oxygens (including phenoxy) is 1. The number of rotatable bonds is 6. The average Bonchev–Trinajstić information content (AvgIpc) is 2.69. The average molecular weight is 397 g/mol. The van der Waals surface area contributed by atoms with Gasteiger partial charge < -0.3 is 10.1 Å². The molecule has 0 bridgehead atoms. The van der Waals surface area contributed by atoms with Gasteiger partial charge in [-0.25, -0.2) is 17.7 Å². The number of sulfonamides is 1. The van der Waals surface area contributed by atoms with Crippen LogP contribution in [0, 0.1) is 0 Å². The summed E-state index contributed by atoms with van der Waals surface area (Å²) in [6, 6.07) is 18.3. The maximum Gasteiger partial charge on any atom is 0.261 e. The van der Waals surface area contributed by atoms with Gasteiger partial charge in [0.2, 0.25) is 15.9 Å². The van der Waals surface area contributed by atoms with E-state index in [4.69, 9.17) is 4.74 Å². The first-order chi connectivity index (χ1) is 13.4. The quantitative estimate of drug-likeness (QED) is 0.689. The Hall–Kier alpha value is -3.23. The van der Waals surface area contributed by atoms with E-state index < -0.39 is 15.9 Å². The molecule has 7 nitrogen and oxygen atoms in total. The fourth-order valence-electron chi connectivity index (χ4n) is 2.39. The highest BCUT2D eigenvalue weighted by atomic mass is 32.2. The minimum Gasteiger partial charge on any atom is -0.438 e. The van der Waals surface area contributed by atoms with Gasteiger partial charge in [0, 0.05) is 26.0 Å². The van der Waals surface area contributed by atoms with Crippen molar-refractivity contribution in [2.24, 2.45) is 0 Å². The molecule has 2 aromatic carbocycles. The van der Waals surface area contributed by atoms with Gasteiger partial charge in [-0.05, 0) is 42.5 Å². The smallest absolute Gasteiger partial charge is 0.261 e. The first kappa shape index (κ1) is 19.5. The molecule has 0 atom stereocenters. The van der Waals surface area contributed by atoms with Gasteiger partial charge in [0.25, 0.3) is 5.91 Å². The zero-order chi connectivity index (χ0) is 20.1. The molecule has 0 unspecified atom stereocenters. The summed E-state index contributed by atoms with van der Waals surface area (Å²) in [4.78, 5) is 16.9. The van der Waals surface area contributed by atoms with Crippen molar-refractivity contribution >= 4 is 21.6 Å². The van der Waals surface area contributed by atoms with E-state index >= 15 is 0 Å². The summed E-state index contributed by atoms with van der Waals surface area (Å²) in [6.45, 7) is 0. The zero-order valence-electron chi connectivity index (χ0n) is 15.4. The predicted molar refractivity (Wildman–Crippen MR) is 106 cm³/mol. The molecular formula is C20H19N3O4S. The zero-order valence-corrected chi connectivity index (χ0v) is 16.2. The highest BCUT2D eigenvalue weighted by Crippen LogP contribution is 2.24. The van der Waals surface area contributed by atoms with Gasteiger partial charge >= 0.3 is 0 Å².